The topological polar surface area (TPSA) is 97.4 Å². The van der Waals surface area contributed by atoms with Gasteiger partial charge in [0.15, 0.2) is 18.0 Å². The second-order valence-corrected chi connectivity index (χ2v) is 11.5. The van der Waals surface area contributed by atoms with Gasteiger partial charge >= 0.3 is 5.97 Å². The number of hydrogen-bond donors (Lipinski definition) is 0. The van der Waals surface area contributed by atoms with E-state index < -0.39 is 51.9 Å². The maximum absolute atomic E-state index is 12.6. The van der Waals surface area contributed by atoms with Gasteiger partial charge in [0, 0.05) is 0 Å². The maximum Gasteiger partial charge on any atom is 0.338 e. The second kappa shape index (κ2) is 10.2. The largest absolute Gasteiger partial charge is 0.455 e. The number of cyclic esters (lactones) is 1. The van der Waals surface area contributed by atoms with Gasteiger partial charge < -0.3 is 18.9 Å². The lowest BCUT2D eigenvalue weighted by molar-refractivity contribution is -0.195. The third-order valence-corrected chi connectivity index (χ3v) is 7.20. The molecular formula is C29H30O8S. The number of fused-ring (bicyclic) bond motifs is 1. The lowest BCUT2D eigenvalue weighted by atomic mass is 9.80. The zero-order valence-corrected chi connectivity index (χ0v) is 22.2. The first kappa shape index (κ1) is 26.5. The van der Waals surface area contributed by atoms with Gasteiger partial charge in [-0.25, -0.2) is 4.79 Å². The standard InChI is InChI=1S/C29H30O8S/c1-28(2)35-25-24(34-27(30)26(25)36-28)23(37-38(3,31)32)19-33-29(20-13-7-4-8-14-20,21-15-9-5-10-16-21)22-17-11-6-12-18-22/h4-18,23-26H,19H2,1-3H3/t23-,24+,25-,26-/m0/s1. The van der Waals surface area contributed by atoms with Gasteiger partial charge in [0.05, 0.1) is 12.9 Å². The van der Waals surface area contributed by atoms with Crippen LogP contribution in [0.5, 0.6) is 0 Å². The summed E-state index contributed by atoms with van der Waals surface area (Å²) in [5.74, 6) is -1.67. The molecule has 200 valence electrons. The fourth-order valence-corrected chi connectivity index (χ4v) is 5.76. The summed E-state index contributed by atoms with van der Waals surface area (Å²) in [6, 6.07) is 29.0. The first-order valence-corrected chi connectivity index (χ1v) is 14.2. The highest BCUT2D eigenvalue weighted by molar-refractivity contribution is 7.86. The Bertz CT molecular complexity index is 1260. The van der Waals surface area contributed by atoms with Crippen LogP contribution >= 0.6 is 0 Å². The van der Waals surface area contributed by atoms with Crippen molar-refractivity contribution in [3.63, 3.8) is 0 Å². The molecule has 2 fully saturated rings. The fourth-order valence-electron chi connectivity index (χ4n) is 5.14. The molecule has 38 heavy (non-hydrogen) atoms. The molecule has 0 spiro atoms. The molecule has 2 aliphatic heterocycles. The third-order valence-electron chi connectivity index (χ3n) is 6.61. The molecule has 2 aliphatic rings. The molecule has 0 aromatic heterocycles. The highest BCUT2D eigenvalue weighted by Crippen LogP contribution is 2.42. The fraction of sp³-hybridized carbons (Fsp3) is 0.345. The van der Waals surface area contributed by atoms with Crippen LogP contribution in [0, 0.1) is 0 Å². The lowest BCUT2D eigenvalue weighted by Gasteiger charge is -2.37. The minimum absolute atomic E-state index is 0.239. The second-order valence-electron chi connectivity index (χ2n) is 9.85. The van der Waals surface area contributed by atoms with E-state index in [1.165, 1.54) is 0 Å². The van der Waals surface area contributed by atoms with Crippen molar-refractivity contribution in [2.45, 2.75) is 49.7 Å². The van der Waals surface area contributed by atoms with E-state index in [-0.39, 0.29) is 6.61 Å². The van der Waals surface area contributed by atoms with Gasteiger partial charge in [-0.15, -0.1) is 0 Å². The van der Waals surface area contributed by atoms with Crippen molar-refractivity contribution in [1.82, 2.24) is 0 Å². The van der Waals surface area contributed by atoms with E-state index in [0.29, 0.717) is 0 Å². The first-order valence-electron chi connectivity index (χ1n) is 12.3. The van der Waals surface area contributed by atoms with Crippen LogP contribution in [0.3, 0.4) is 0 Å². The number of hydrogen-bond acceptors (Lipinski definition) is 8. The van der Waals surface area contributed by atoms with Gasteiger partial charge in [-0.1, -0.05) is 91.0 Å². The Morgan fingerprint density at radius 1 is 0.842 bits per heavy atom. The van der Waals surface area contributed by atoms with Crippen LogP contribution in [0.2, 0.25) is 0 Å². The van der Waals surface area contributed by atoms with Crippen molar-refractivity contribution in [3.8, 4) is 0 Å². The van der Waals surface area contributed by atoms with Gasteiger partial charge in [0.1, 0.15) is 17.8 Å². The Labute approximate surface area is 222 Å². The van der Waals surface area contributed by atoms with E-state index in [9.17, 15) is 13.2 Å². The van der Waals surface area contributed by atoms with Crippen molar-refractivity contribution in [3.05, 3.63) is 108 Å². The predicted molar refractivity (Wildman–Crippen MR) is 139 cm³/mol. The van der Waals surface area contributed by atoms with E-state index in [1.807, 2.05) is 91.0 Å². The average molecular weight is 539 g/mol. The molecule has 5 rings (SSSR count). The monoisotopic (exact) mass is 538 g/mol. The molecule has 0 N–H and O–H groups in total. The summed E-state index contributed by atoms with van der Waals surface area (Å²) in [5, 5.41) is 0. The van der Waals surface area contributed by atoms with Crippen LogP contribution in [0.15, 0.2) is 91.0 Å². The minimum Gasteiger partial charge on any atom is -0.455 e. The summed E-state index contributed by atoms with van der Waals surface area (Å²) in [5.41, 5.74) is 1.37. The molecule has 8 nitrogen and oxygen atoms in total. The Morgan fingerprint density at radius 2 is 1.32 bits per heavy atom. The van der Waals surface area contributed by atoms with Gasteiger partial charge in [0.25, 0.3) is 10.1 Å². The van der Waals surface area contributed by atoms with Crippen LogP contribution in [0.4, 0.5) is 0 Å². The zero-order chi connectivity index (χ0) is 27.0. The molecule has 0 amide bonds. The molecule has 0 bridgehead atoms. The van der Waals surface area contributed by atoms with Crippen LogP contribution in [-0.4, -0.2) is 57.5 Å². The smallest absolute Gasteiger partial charge is 0.338 e. The molecule has 9 heteroatoms. The molecule has 3 aromatic carbocycles. The Balaban J connectivity index is 1.58. The highest BCUT2D eigenvalue weighted by atomic mass is 32.2. The average Bonchev–Trinajstić information content (AvgIpc) is 3.37. The summed E-state index contributed by atoms with van der Waals surface area (Å²) in [6.45, 7) is 3.13. The molecule has 4 atom stereocenters. The molecule has 3 aromatic rings. The highest BCUT2D eigenvalue weighted by Gasteiger charge is 2.59. The lowest BCUT2D eigenvalue weighted by Crippen LogP contribution is -2.46. The van der Waals surface area contributed by atoms with Gasteiger partial charge in [-0.05, 0) is 30.5 Å². The molecule has 2 heterocycles. The van der Waals surface area contributed by atoms with Crippen molar-refractivity contribution >= 4 is 16.1 Å². The third kappa shape index (κ3) is 5.25. The van der Waals surface area contributed by atoms with Crippen molar-refractivity contribution < 1.29 is 36.3 Å². The molecular weight excluding hydrogens is 508 g/mol. The van der Waals surface area contributed by atoms with E-state index in [2.05, 4.69) is 0 Å². The quantitative estimate of drug-likeness (QED) is 0.231. The van der Waals surface area contributed by atoms with Crippen molar-refractivity contribution in [2.24, 2.45) is 0 Å². The number of benzene rings is 3. The van der Waals surface area contributed by atoms with Crippen molar-refractivity contribution in [2.75, 3.05) is 12.9 Å². The van der Waals surface area contributed by atoms with E-state index in [0.717, 1.165) is 22.9 Å². The number of esters is 1. The summed E-state index contributed by atoms with van der Waals surface area (Å²) in [6.07, 6.45) is -3.15. The molecule has 0 aliphatic carbocycles. The SMILES string of the molecule is CC1(C)O[C@H]2[C@@H]([C@H](COC(c3ccccc3)(c3ccccc3)c3ccccc3)OS(C)(=O)=O)OC(=O)[C@H]2O1. The van der Waals surface area contributed by atoms with Gasteiger partial charge in [-0.3, -0.25) is 4.18 Å². The first-order chi connectivity index (χ1) is 18.1. The summed E-state index contributed by atoms with van der Waals surface area (Å²) < 4.78 is 54.1. The molecule has 0 saturated carbocycles. The normalized spacial score (nSPS) is 23.6. The van der Waals surface area contributed by atoms with Crippen LogP contribution in [0.25, 0.3) is 0 Å². The van der Waals surface area contributed by atoms with E-state index in [1.54, 1.807) is 13.8 Å². The Morgan fingerprint density at radius 3 is 1.76 bits per heavy atom. The van der Waals surface area contributed by atoms with Crippen LogP contribution < -0.4 is 0 Å². The summed E-state index contributed by atoms with van der Waals surface area (Å²) >= 11 is 0. The number of carbonyl (C=O) groups is 1. The summed E-state index contributed by atoms with van der Waals surface area (Å²) in [4.78, 5) is 12.6. The predicted octanol–water partition coefficient (Wildman–Crippen LogP) is 3.79. The van der Waals surface area contributed by atoms with Crippen molar-refractivity contribution in [1.29, 1.82) is 0 Å². The van der Waals surface area contributed by atoms with E-state index in [4.69, 9.17) is 23.1 Å². The van der Waals surface area contributed by atoms with Crippen LogP contribution in [-0.2, 0) is 43.6 Å². The maximum atomic E-state index is 12.6. The Hall–Kier alpha value is -3.08. The van der Waals surface area contributed by atoms with Crippen LogP contribution in [0.1, 0.15) is 30.5 Å². The molecule has 0 unspecified atom stereocenters. The number of carbonyl (C=O) groups excluding carboxylic acids is 1. The molecule has 0 radical (unpaired) electrons. The Kier molecular flexibility index (Phi) is 7.15. The number of rotatable bonds is 9. The van der Waals surface area contributed by atoms with Gasteiger partial charge in [0.2, 0.25) is 0 Å². The molecule has 2 saturated heterocycles. The van der Waals surface area contributed by atoms with Gasteiger partial charge in [-0.2, -0.15) is 8.42 Å². The summed E-state index contributed by atoms with van der Waals surface area (Å²) in [7, 11) is -3.96. The number of ether oxygens (including phenoxy) is 4. The van der Waals surface area contributed by atoms with E-state index >= 15 is 0 Å². The minimum atomic E-state index is -3.96. The zero-order valence-electron chi connectivity index (χ0n) is 21.4.